The average Bonchev–Trinajstić information content (AvgIpc) is 2.15. The highest BCUT2D eigenvalue weighted by Crippen LogP contribution is 2.02. The van der Waals surface area contributed by atoms with Gasteiger partial charge in [-0.15, -0.1) is 0 Å². The van der Waals surface area contributed by atoms with E-state index in [2.05, 4.69) is 22.5 Å². The van der Waals surface area contributed by atoms with Crippen LogP contribution in [0.15, 0.2) is 18.3 Å². The lowest BCUT2D eigenvalue weighted by molar-refractivity contribution is 0.0958. The maximum Gasteiger partial charge on any atom is 0.253 e. The van der Waals surface area contributed by atoms with Crippen molar-refractivity contribution in [2.24, 2.45) is 5.73 Å². The lowest BCUT2D eigenvalue weighted by atomic mass is 10.2. The standard InChI is InChI=1S/C9H11N3OS/c1-6-7(3-2-4-11-6)9(13)12-5-8(10)14/h2-4H,5H2,1H3,(H2,10,14)(H,12,13). The van der Waals surface area contributed by atoms with Crippen LogP contribution in [0, 0.1) is 6.92 Å². The van der Waals surface area contributed by atoms with Crippen molar-refractivity contribution < 1.29 is 4.79 Å². The van der Waals surface area contributed by atoms with Crippen LogP contribution in [0.2, 0.25) is 0 Å². The van der Waals surface area contributed by atoms with Gasteiger partial charge in [-0.3, -0.25) is 9.78 Å². The molecule has 0 unspecified atom stereocenters. The average molecular weight is 209 g/mol. The van der Waals surface area contributed by atoms with E-state index in [0.717, 1.165) is 0 Å². The summed E-state index contributed by atoms with van der Waals surface area (Å²) in [4.78, 5) is 15.8. The number of nitrogens with zero attached hydrogens (tertiary/aromatic N) is 1. The molecule has 0 aromatic carbocycles. The van der Waals surface area contributed by atoms with Crippen molar-refractivity contribution in [3.63, 3.8) is 0 Å². The molecule has 4 nitrogen and oxygen atoms in total. The lowest BCUT2D eigenvalue weighted by Crippen LogP contribution is -2.32. The summed E-state index contributed by atoms with van der Waals surface area (Å²) in [6, 6.07) is 3.42. The number of nitrogens with two attached hydrogens (primary N) is 1. The molecule has 74 valence electrons. The highest BCUT2D eigenvalue weighted by Gasteiger charge is 2.07. The second-order valence-electron chi connectivity index (χ2n) is 2.79. The fourth-order valence-corrected chi connectivity index (χ4v) is 1.06. The Labute approximate surface area is 87.5 Å². The smallest absolute Gasteiger partial charge is 0.253 e. The predicted octanol–water partition coefficient (Wildman–Crippen LogP) is 0.406. The number of aromatic nitrogens is 1. The maximum atomic E-state index is 11.5. The summed E-state index contributed by atoms with van der Waals surface area (Å²) < 4.78 is 0. The van der Waals surface area contributed by atoms with Crippen LogP contribution in [-0.2, 0) is 0 Å². The molecule has 5 heteroatoms. The first-order chi connectivity index (χ1) is 6.61. The Morgan fingerprint density at radius 2 is 2.43 bits per heavy atom. The van der Waals surface area contributed by atoms with Gasteiger partial charge >= 0.3 is 0 Å². The molecule has 0 aliphatic rings. The molecule has 0 spiro atoms. The zero-order valence-electron chi connectivity index (χ0n) is 7.78. The molecule has 0 saturated heterocycles. The number of carbonyl (C=O) groups excluding carboxylic acids is 1. The van der Waals surface area contributed by atoms with E-state index >= 15 is 0 Å². The van der Waals surface area contributed by atoms with Crippen LogP contribution in [0.1, 0.15) is 16.1 Å². The number of amides is 1. The highest BCUT2D eigenvalue weighted by atomic mass is 32.1. The zero-order chi connectivity index (χ0) is 10.6. The third kappa shape index (κ3) is 2.77. The minimum atomic E-state index is -0.205. The van der Waals surface area contributed by atoms with E-state index < -0.39 is 0 Å². The van der Waals surface area contributed by atoms with E-state index in [9.17, 15) is 4.79 Å². The van der Waals surface area contributed by atoms with Gasteiger partial charge in [0.1, 0.15) is 0 Å². The van der Waals surface area contributed by atoms with E-state index in [1.54, 1.807) is 25.3 Å². The van der Waals surface area contributed by atoms with Gasteiger partial charge in [0.15, 0.2) is 0 Å². The Morgan fingerprint density at radius 1 is 1.71 bits per heavy atom. The van der Waals surface area contributed by atoms with Gasteiger partial charge in [0.2, 0.25) is 0 Å². The van der Waals surface area contributed by atoms with Crippen LogP contribution in [0.3, 0.4) is 0 Å². The number of hydrogen-bond donors (Lipinski definition) is 2. The molecule has 1 aromatic heterocycles. The van der Waals surface area contributed by atoms with Crippen molar-refractivity contribution in [3.8, 4) is 0 Å². The lowest BCUT2D eigenvalue weighted by Gasteiger charge is -2.05. The third-order valence-corrected chi connectivity index (χ3v) is 1.82. The fourth-order valence-electron chi connectivity index (χ4n) is 0.987. The van der Waals surface area contributed by atoms with E-state index in [1.165, 1.54) is 0 Å². The molecule has 3 N–H and O–H groups in total. The van der Waals surface area contributed by atoms with Crippen LogP contribution >= 0.6 is 12.2 Å². The summed E-state index contributed by atoms with van der Waals surface area (Å²) in [7, 11) is 0. The highest BCUT2D eigenvalue weighted by molar-refractivity contribution is 7.80. The monoisotopic (exact) mass is 209 g/mol. The van der Waals surface area contributed by atoms with Gasteiger partial charge in [0, 0.05) is 11.9 Å². The molecule has 0 aliphatic carbocycles. The van der Waals surface area contributed by atoms with Crippen molar-refractivity contribution in [1.29, 1.82) is 0 Å². The molecule has 1 amide bonds. The molecular formula is C9H11N3OS. The van der Waals surface area contributed by atoms with E-state index in [-0.39, 0.29) is 17.4 Å². The Balaban J connectivity index is 2.70. The summed E-state index contributed by atoms with van der Waals surface area (Å²) in [6.45, 7) is 1.98. The topological polar surface area (TPSA) is 68.0 Å². The summed E-state index contributed by atoms with van der Waals surface area (Å²) in [6.07, 6.45) is 1.64. The van der Waals surface area contributed by atoms with Crippen LogP contribution in [0.4, 0.5) is 0 Å². The number of rotatable bonds is 3. The van der Waals surface area contributed by atoms with Gasteiger partial charge in [-0.1, -0.05) is 12.2 Å². The maximum absolute atomic E-state index is 11.5. The van der Waals surface area contributed by atoms with E-state index in [4.69, 9.17) is 5.73 Å². The first-order valence-corrected chi connectivity index (χ1v) is 4.50. The first kappa shape index (κ1) is 10.6. The zero-order valence-corrected chi connectivity index (χ0v) is 8.60. The number of nitrogens with one attached hydrogen (secondary N) is 1. The van der Waals surface area contributed by atoms with Crippen LogP contribution < -0.4 is 11.1 Å². The van der Waals surface area contributed by atoms with Gasteiger partial charge in [-0.25, -0.2) is 0 Å². The molecule has 1 heterocycles. The SMILES string of the molecule is Cc1ncccc1C(=O)NCC(N)=S. The van der Waals surface area contributed by atoms with Gasteiger partial charge in [0.25, 0.3) is 5.91 Å². The summed E-state index contributed by atoms with van der Waals surface area (Å²) >= 11 is 4.64. The second kappa shape index (κ2) is 4.66. The Morgan fingerprint density at radius 3 is 3.00 bits per heavy atom. The van der Waals surface area contributed by atoms with Crippen molar-refractivity contribution >= 4 is 23.1 Å². The second-order valence-corrected chi connectivity index (χ2v) is 3.31. The Hall–Kier alpha value is -1.49. The largest absolute Gasteiger partial charge is 0.392 e. The van der Waals surface area contributed by atoms with Crippen molar-refractivity contribution in [3.05, 3.63) is 29.6 Å². The number of aryl methyl sites for hydroxylation is 1. The van der Waals surface area contributed by atoms with Crippen LogP contribution in [0.5, 0.6) is 0 Å². The van der Waals surface area contributed by atoms with Gasteiger partial charge in [-0.05, 0) is 19.1 Å². The number of pyridine rings is 1. The van der Waals surface area contributed by atoms with Gasteiger partial charge in [0.05, 0.1) is 17.1 Å². The quantitative estimate of drug-likeness (QED) is 0.707. The molecule has 0 radical (unpaired) electrons. The molecule has 1 rings (SSSR count). The minimum absolute atomic E-state index is 0.205. The summed E-state index contributed by atoms with van der Waals surface area (Å²) in [5, 5.41) is 2.59. The number of thiocarbonyl (C=S) groups is 1. The molecule has 0 fully saturated rings. The van der Waals surface area contributed by atoms with Gasteiger partial charge in [-0.2, -0.15) is 0 Å². The molecule has 0 aliphatic heterocycles. The van der Waals surface area contributed by atoms with Gasteiger partial charge < -0.3 is 11.1 Å². The molecule has 0 saturated carbocycles. The summed E-state index contributed by atoms with van der Waals surface area (Å²) in [5.41, 5.74) is 6.49. The van der Waals surface area contributed by atoms with Crippen molar-refractivity contribution in [1.82, 2.24) is 10.3 Å². The normalized spacial score (nSPS) is 9.50. The Kier molecular flexibility index (Phi) is 3.53. The molecule has 0 atom stereocenters. The first-order valence-electron chi connectivity index (χ1n) is 4.09. The summed E-state index contributed by atoms with van der Waals surface area (Å²) in [5.74, 6) is -0.205. The fraction of sp³-hybridized carbons (Fsp3) is 0.222. The molecule has 0 bridgehead atoms. The number of carbonyl (C=O) groups is 1. The van der Waals surface area contributed by atoms with E-state index in [1.807, 2.05) is 0 Å². The Bertz CT molecular complexity index is 365. The minimum Gasteiger partial charge on any atom is -0.392 e. The molecule has 1 aromatic rings. The van der Waals surface area contributed by atoms with Crippen molar-refractivity contribution in [2.45, 2.75) is 6.92 Å². The van der Waals surface area contributed by atoms with Crippen molar-refractivity contribution in [2.75, 3.05) is 6.54 Å². The third-order valence-electron chi connectivity index (χ3n) is 1.67. The number of hydrogen-bond acceptors (Lipinski definition) is 3. The van der Waals surface area contributed by atoms with E-state index in [0.29, 0.717) is 11.3 Å². The molecule has 14 heavy (non-hydrogen) atoms. The van der Waals surface area contributed by atoms with Crippen LogP contribution in [-0.4, -0.2) is 22.4 Å². The van der Waals surface area contributed by atoms with Crippen LogP contribution in [0.25, 0.3) is 0 Å². The molecular weight excluding hydrogens is 198 g/mol. The predicted molar refractivity (Wildman–Crippen MR) is 58.1 cm³/mol.